The van der Waals surface area contributed by atoms with E-state index < -0.39 is 10.0 Å². The summed E-state index contributed by atoms with van der Waals surface area (Å²) in [5.41, 5.74) is 2.07. The van der Waals surface area contributed by atoms with Crippen LogP contribution in [0.5, 0.6) is 0 Å². The molecule has 1 aromatic carbocycles. The molecule has 9 nitrogen and oxygen atoms in total. The molecule has 174 valence electrons. The van der Waals surface area contributed by atoms with Crippen molar-refractivity contribution in [1.29, 1.82) is 0 Å². The number of hydrogen-bond acceptors (Lipinski definition) is 7. The van der Waals surface area contributed by atoms with Crippen molar-refractivity contribution in [2.75, 3.05) is 48.6 Å². The molecule has 1 saturated heterocycles. The van der Waals surface area contributed by atoms with Gasteiger partial charge in [0.2, 0.25) is 15.9 Å². The number of carbonyl (C=O) groups is 2. The van der Waals surface area contributed by atoms with Crippen LogP contribution in [0.25, 0.3) is 0 Å². The average Bonchev–Trinajstić information content (AvgIpc) is 3.03. The van der Waals surface area contributed by atoms with Gasteiger partial charge in [-0.3, -0.25) is 19.2 Å². The third kappa shape index (κ3) is 8.47. The number of rotatable bonds is 5. The van der Waals surface area contributed by atoms with Gasteiger partial charge in [0.25, 0.3) is 6.47 Å². The fraction of sp³-hybridized carbons (Fsp3) is 0.619. The Hall–Kier alpha value is -2.17. The predicted molar refractivity (Wildman–Crippen MR) is 122 cm³/mol. The third-order valence-electron chi connectivity index (χ3n) is 4.80. The van der Waals surface area contributed by atoms with E-state index in [0.29, 0.717) is 31.3 Å². The van der Waals surface area contributed by atoms with Crippen molar-refractivity contribution >= 4 is 33.8 Å². The Kier molecular flexibility index (Phi) is 8.44. The highest BCUT2D eigenvalue weighted by Gasteiger charge is 2.27. The van der Waals surface area contributed by atoms with Crippen LogP contribution in [-0.4, -0.2) is 76.3 Å². The number of anilines is 2. The lowest BCUT2D eigenvalue weighted by atomic mass is 10.1. The van der Waals surface area contributed by atoms with Crippen molar-refractivity contribution in [1.82, 2.24) is 10.2 Å². The number of nitrogens with zero attached hydrogens (tertiary/aromatic N) is 2. The first-order chi connectivity index (χ1) is 14.4. The van der Waals surface area contributed by atoms with E-state index >= 15 is 0 Å². The second-order valence-corrected chi connectivity index (χ2v) is 10.7. The average molecular weight is 455 g/mol. The van der Waals surface area contributed by atoms with Gasteiger partial charge in [-0.05, 0) is 51.8 Å². The van der Waals surface area contributed by atoms with Crippen molar-refractivity contribution in [3.63, 3.8) is 0 Å². The van der Waals surface area contributed by atoms with Gasteiger partial charge in [-0.25, -0.2) is 8.42 Å². The zero-order valence-electron chi connectivity index (χ0n) is 19.0. The maximum atomic E-state index is 12.7. The summed E-state index contributed by atoms with van der Waals surface area (Å²) in [6, 6.07) is 5.78. The molecule has 0 saturated carbocycles. The summed E-state index contributed by atoms with van der Waals surface area (Å²) in [6.45, 7) is 11.7. The van der Waals surface area contributed by atoms with Crippen LogP contribution >= 0.6 is 0 Å². The minimum atomic E-state index is -3.33. The van der Waals surface area contributed by atoms with E-state index in [-0.39, 0.29) is 11.5 Å². The third-order valence-corrected chi connectivity index (χ3v) is 5.41. The number of nitrogens with one attached hydrogen (secondary N) is 2. The quantitative estimate of drug-likeness (QED) is 0.644. The van der Waals surface area contributed by atoms with Crippen molar-refractivity contribution in [3.05, 3.63) is 23.8 Å². The molecule has 0 unspecified atom stereocenters. The van der Waals surface area contributed by atoms with Crippen LogP contribution in [-0.2, 0) is 30.8 Å². The van der Waals surface area contributed by atoms with E-state index in [2.05, 4.69) is 26.6 Å². The topological polar surface area (TPSA) is 108 Å². The second-order valence-electron chi connectivity index (χ2n) is 8.93. The van der Waals surface area contributed by atoms with Crippen LogP contribution in [0.1, 0.15) is 33.3 Å². The first kappa shape index (κ1) is 25.1. The summed E-state index contributed by atoms with van der Waals surface area (Å²) < 4.78 is 29.8. The minimum absolute atomic E-state index is 0.0688. The number of ether oxygens (including phenoxy) is 1. The fourth-order valence-electron chi connectivity index (χ4n) is 3.49. The predicted octanol–water partition coefficient (Wildman–Crippen LogP) is 1.20. The Morgan fingerprint density at radius 3 is 2.58 bits per heavy atom. The van der Waals surface area contributed by atoms with Gasteiger partial charge in [-0.15, -0.1) is 0 Å². The van der Waals surface area contributed by atoms with Crippen molar-refractivity contribution < 1.29 is 22.7 Å². The number of benzene rings is 1. The fourth-order valence-corrected chi connectivity index (χ4v) is 4.05. The van der Waals surface area contributed by atoms with Gasteiger partial charge in [0, 0.05) is 37.9 Å². The van der Waals surface area contributed by atoms with Gasteiger partial charge < -0.3 is 15.0 Å². The van der Waals surface area contributed by atoms with Crippen LogP contribution in [0.3, 0.4) is 0 Å². The molecule has 2 N–H and O–H groups in total. The lowest BCUT2D eigenvalue weighted by Crippen LogP contribution is -2.52. The first-order valence-corrected chi connectivity index (χ1v) is 12.3. The molecule has 1 aromatic rings. The number of carbonyl (C=O) groups excluding carboxylic acids is 2. The van der Waals surface area contributed by atoms with Crippen LogP contribution in [0.15, 0.2) is 18.2 Å². The molecule has 31 heavy (non-hydrogen) atoms. The van der Waals surface area contributed by atoms with E-state index in [1.54, 1.807) is 17.0 Å². The molecule has 1 amide bonds. The maximum absolute atomic E-state index is 12.7. The highest BCUT2D eigenvalue weighted by atomic mass is 32.2. The molecule has 3 rings (SSSR count). The molecule has 2 heterocycles. The molecule has 1 fully saturated rings. The molecule has 2 aliphatic heterocycles. The molecule has 0 aromatic heterocycles. The van der Waals surface area contributed by atoms with Gasteiger partial charge in [0.1, 0.15) is 5.60 Å². The summed E-state index contributed by atoms with van der Waals surface area (Å²) in [5, 5.41) is 3.37. The van der Waals surface area contributed by atoms with E-state index in [0.717, 1.165) is 43.6 Å². The summed E-state index contributed by atoms with van der Waals surface area (Å²) in [7, 11) is -3.33. The standard InChI is InChI=1S/C16H24N4O3S.C5H10O2/c1-12-10-19(8-6-17-12)11-16(21)20-7-5-13-3-4-14(9-15(13)20)18-24(2,22)23;1-5(2,3)7-4-6/h3-4,9,12,17-18H,5-8,10-11H2,1-2H3;4H,1-3H3/t12-;/m1./s1. The highest BCUT2D eigenvalue weighted by Crippen LogP contribution is 2.31. The Bertz CT molecular complexity index is 882. The van der Waals surface area contributed by atoms with E-state index in [1.807, 2.05) is 26.8 Å². The Morgan fingerprint density at radius 1 is 1.32 bits per heavy atom. The van der Waals surface area contributed by atoms with Crippen LogP contribution in [0, 0.1) is 0 Å². The number of sulfonamides is 1. The van der Waals surface area contributed by atoms with E-state index in [1.165, 1.54) is 0 Å². The van der Waals surface area contributed by atoms with Gasteiger partial charge in [-0.2, -0.15) is 0 Å². The van der Waals surface area contributed by atoms with Gasteiger partial charge in [0.15, 0.2) is 0 Å². The Morgan fingerprint density at radius 2 is 2.03 bits per heavy atom. The van der Waals surface area contributed by atoms with Crippen molar-refractivity contribution in [2.24, 2.45) is 0 Å². The summed E-state index contributed by atoms with van der Waals surface area (Å²) in [4.78, 5) is 26.2. The summed E-state index contributed by atoms with van der Waals surface area (Å²) in [5.74, 6) is 0.0688. The molecule has 0 spiro atoms. The van der Waals surface area contributed by atoms with Gasteiger partial charge in [-0.1, -0.05) is 6.07 Å². The monoisotopic (exact) mass is 454 g/mol. The van der Waals surface area contributed by atoms with Gasteiger partial charge in [0.05, 0.1) is 18.5 Å². The number of fused-ring (bicyclic) bond motifs is 1. The lowest BCUT2D eigenvalue weighted by Gasteiger charge is -2.32. The number of piperazine rings is 1. The lowest BCUT2D eigenvalue weighted by molar-refractivity contribution is -0.138. The molecule has 2 aliphatic rings. The normalized spacial score (nSPS) is 19.1. The van der Waals surface area contributed by atoms with Crippen LogP contribution < -0.4 is 14.9 Å². The second kappa shape index (κ2) is 10.4. The van der Waals surface area contributed by atoms with E-state index in [4.69, 9.17) is 0 Å². The Balaban J connectivity index is 0.000000423. The van der Waals surface area contributed by atoms with Crippen molar-refractivity contribution in [2.45, 2.75) is 45.8 Å². The highest BCUT2D eigenvalue weighted by molar-refractivity contribution is 7.92. The molecule has 0 aliphatic carbocycles. The zero-order valence-corrected chi connectivity index (χ0v) is 19.8. The zero-order chi connectivity index (χ0) is 23.2. The Labute approximate surface area is 185 Å². The molecular weight excluding hydrogens is 420 g/mol. The molecule has 0 bridgehead atoms. The van der Waals surface area contributed by atoms with E-state index in [9.17, 15) is 18.0 Å². The molecular formula is C21H34N4O5S. The molecule has 10 heteroatoms. The largest absolute Gasteiger partial charge is 0.462 e. The molecule has 0 radical (unpaired) electrons. The van der Waals surface area contributed by atoms with Crippen molar-refractivity contribution in [3.8, 4) is 0 Å². The smallest absolute Gasteiger partial charge is 0.293 e. The SMILES string of the molecule is CC(C)(C)OC=O.C[C@@H]1CN(CC(=O)N2CCc3ccc(NS(C)(=O)=O)cc32)CCN1. The maximum Gasteiger partial charge on any atom is 0.293 e. The first-order valence-electron chi connectivity index (χ1n) is 10.4. The summed E-state index contributed by atoms with van der Waals surface area (Å²) in [6.07, 6.45) is 1.92. The summed E-state index contributed by atoms with van der Waals surface area (Å²) >= 11 is 0. The molecule has 1 atom stereocenters. The van der Waals surface area contributed by atoms with Crippen LogP contribution in [0.4, 0.5) is 11.4 Å². The van der Waals surface area contributed by atoms with Crippen LogP contribution in [0.2, 0.25) is 0 Å². The number of amides is 1. The minimum Gasteiger partial charge on any atom is -0.462 e. The number of hydrogen-bond donors (Lipinski definition) is 2. The van der Waals surface area contributed by atoms with Gasteiger partial charge >= 0.3 is 0 Å².